The highest BCUT2D eigenvalue weighted by molar-refractivity contribution is 8.01. The Morgan fingerprint density at radius 1 is 1.19 bits per heavy atom. The van der Waals surface area contributed by atoms with Crippen LogP contribution in [-0.2, 0) is 22.0 Å². The third-order valence-corrected chi connectivity index (χ3v) is 5.93. The second-order valence-electron chi connectivity index (χ2n) is 8.14. The van der Waals surface area contributed by atoms with E-state index in [-0.39, 0.29) is 17.2 Å². The van der Waals surface area contributed by atoms with Crippen LogP contribution in [0, 0.1) is 0 Å². The fourth-order valence-corrected chi connectivity index (χ4v) is 4.06. The lowest BCUT2D eigenvalue weighted by molar-refractivity contribution is -0.123. The lowest BCUT2D eigenvalue weighted by atomic mass is 9.92. The SMILES string of the molecule is Cn1nc(C(C)(C)C)cc1C(=O)NNC(=O)C(C)(C)SC1CCOCC1. The van der Waals surface area contributed by atoms with Crippen LogP contribution in [0.2, 0.25) is 0 Å². The predicted octanol–water partition coefficient (Wildman–Crippen LogP) is 2.17. The predicted molar refractivity (Wildman–Crippen MR) is 103 cm³/mol. The van der Waals surface area contributed by atoms with Crippen LogP contribution < -0.4 is 10.9 Å². The van der Waals surface area contributed by atoms with Gasteiger partial charge in [0.25, 0.3) is 11.8 Å². The molecule has 2 rings (SSSR count). The summed E-state index contributed by atoms with van der Waals surface area (Å²) in [7, 11) is 1.72. The Labute approximate surface area is 159 Å². The summed E-state index contributed by atoms with van der Waals surface area (Å²) in [5.74, 6) is -0.601. The molecule has 2 amide bonds. The number of aryl methyl sites for hydroxylation is 1. The number of hydrogen-bond donors (Lipinski definition) is 2. The van der Waals surface area contributed by atoms with Crippen LogP contribution in [-0.4, -0.2) is 44.8 Å². The molecule has 0 bridgehead atoms. The molecule has 0 spiro atoms. The van der Waals surface area contributed by atoms with Crippen LogP contribution in [0.5, 0.6) is 0 Å². The number of ether oxygens (including phenoxy) is 1. The van der Waals surface area contributed by atoms with Crippen molar-refractivity contribution in [3.05, 3.63) is 17.5 Å². The quantitative estimate of drug-likeness (QED) is 0.780. The maximum atomic E-state index is 12.5. The minimum Gasteiger partial charge on any atom is -0.381 e. The van der Waals surface area contributed by atoms with Gasteiger partial charge in [0.15, 0.2) is 0 Å². The van der Waals surface area contributed by atoms with E-state index in [2.05, 4.69) is 16.0 Å². The summed E-state index contributed by atoms with van der Waals surface area (Å²) >= 11 is 1.63. The van der Waals surface area contributed by atoms with E-state index in [1.807, 2.05) is 34.6 Å². The minimum absolute atomic E-state index is 0.151. The molecule has 0 aromatic carbocycles. The number of carbonyl (C=O) groups excluding carboxylic acids is 2. The molecule has 146 valence electrons. The average Bonchev–Trinajstić information content (AvgIpc) is 2.95. The van der Waals surface area contributed by atoms with Gasteiger partial charge in [-0.05, 0) is 32.8 Å². The van der Waals surface area contributed by atoms with E-state index >= 15 is 0 Å². The number of amides is 2. The normalized spacial score (nSPS) is 16.4. The number of rotatable bonds is 4. The lowest BCUT2D eigenvalue weighted by Gasteiger charge is -2.30. The van der Waals surface area contributed by atoms with Crippen LogP contribution in [0.3, 0.4) is 0 Å². The molecule has 1 saturated heterocycles. The van der Waals surface area contributed by atoms with Crippen molar-refractivity contribution < 1.29 is 14.3 Å². The van der Waals surface area contributed by atoms with E-state index in [0.29, 0.717) is 10.9 Å². The van der Waals surface area contributed by atoms with Gasteiger partial charge in [0.1, 0.15) is 5.69 Å². The number of nitrogens with one attached hydrogen (secondary N) is 2. The van der Waals surface area contributed by atoms with E-state index < -0.39 is 4.75 Å². The van der Waals surface area contributed by atoms with Crippen LogP contribution in [0.4, 0.5) is 0 Å². The molecule has 0 aliphatic carbocycles. The first-order valence-electron chi connectivity index (χ1n) is 8.91. The fourth-order valence-electron chi connectivity index (χ4n) is 2.64. The largest absolute Gasteiger partial charge is 0.381 e. The number of nitrogens with zero attached hydrogens (tertiary/aromatic N) is 2. The Hall–Kier alpha value is -1.54. The van der Waals surface area contributed by atoms with E-state index in [1.165, 1.54) is 4.68 Å². The van der Waals surface area contributed by atoms with Crippen molar-refractivity contribution in [2.75, 3.05) is 13.2 Å². The maximum Gasteiger partial charge on any atom is 0.287 e. The topological polar surface area (TPSA) is 85.3 Å². The van der Waals surface area contributed by atoms with Gasteiger partial charge < -0.3 is 4.74 Å². The van der Waals surface area contributed by atoms with Crippen molar-refractivity contribution in [1.82, 2.24) is 20.6 Å². The highest BCUT2D eigenvalue weighted by Crippen LogP contribution is 2.33. The van der Waals surface area contributed by atoms with Crippen LogP contribution in [0.25, 0.3) is 0 Å². The molecule has 2 heterocycles. The summed E-state index contributed by atoms with van der Waals surface area (Å²) in [6, 6.07) is 1.75. The molecule has 1 fully saturated rings. The van der Waals surface area contributed by atoms with Gasteiger partial charge in [-0.2, -0.15) is 5.10 Å². The molecular weight excluding hydrogens is 352 g/mol. The van der Waals surface area contributed by atoms with Gasteiger partial charge in [-0.1, -0.05) is 20.8 Å². The highest BCUT2D eigenvalue weighted by atomic mass is 32.2. The van der Waals surface area contributed by atoms with Crippen molar-refractivity contribution in [3.8, 4) is 0 Å². The first-order valence-corrected chi connectivity index (χ1v) is 9.79. The Kier molecular flexibility index (Phi) is 6.39. The average molecular weight is 383 g/mol. The zero-order valence-corrected chi connectivity index (χ0v) is 17.3. The molecule has 1 aliphatic heterocycles. The van der Waals surface area contributed by atoms with E-state index in [1.54, 1.807) is 24.9 Å². The lowest BCUT2D eigenvalue weighted by Crippen LogP contribution is -2.50. The number of hydrazine groups is 1. The number of aromatic nitrogens is 2. The molecule has 0 saturated carbocycles. The summed E-state index contributed by atoms with van der Waals surface area (Å²) in [5, 5.41) is 4.78. The van der Waals surface area contributed by atoms with E-state index in [4.69, 9.17) is 4.74 Å². The monoisotopic (exact) mass is 382 g/mol. The maximum absolute atomic E-state index is 12.5. The smallest absolute Gasteiger partial charge is 0.287 e. The van der Waals surface area contributed by atoms with Crippen LogP contribution in [0.15, 0.2) is 6.07 Å². The standard InChI is InChI=1S/C18H30N4O3S/c1-17(2,3)14-11-13(22(6)21-14)15(23)19-20-16(24)18(4,5)26-12-7-9-25-10-8-12/h11-12H,7-10H2,1-6H3,(H,19,23)(H,20,24). The Bertz CT molecular complexity index is 658. The van der Waals surface area contributed by atoms with Crippen molar-refractivity contribution in [2.24, 2.45) is 7.05 Å². The third kappa shape index (κ3) is 5.23. The van der Waals surface area contributed by atoms with Gasteiger partial charge >= 0.3 is 0 Å². The van der Waals surface area contributed by atoms with Crippen LogP contribution in [0.1, 0.15) is 63.6 Å². The number of carbonyl (C=O) groups is 2. The van der Waals surface area contributed by atoms with E-state index in [0.717, 1.165) is 31.7 Å². The Balaban J connectivity index is 1.93. The molecule has 2 N–H and O–H groups in total. The molecule has 0 radical (unpaired) electrons. The zero-order chi connectivity index (χ0) is 19.5. The second-order valence-corrected chi connectivity index (χ2v) is 10.1. The third-order valence-electron chi connectivity index (χ3n) is 4.35. The Morgan fingerprint density at radius 3 is 2.35 bits per heavy atom. The summed E-state index contributed by atoms with van der Waals surface area (Å²) in [4.78, 5) is 24.9. The molecule has 1 aromatic heterocycles. The zero-order valence-electron chi connectivity index (χ0n) is 16.5. The Morgan fingerprint density at radius 2 is 1.81 bits per heavy atom. The molecular formula is C18H30N4O3S. The molecule has 1 aromatic rings. The van der Waals surface area contributed by atoms with Crippen molar-refractivity contribution in [2.45, 2.75) is 62.9 Å². The first-order chi connectivity index (χ1) is 12.0. The second kappa shape index (κ2) is 8.00. The molecule has 0 unspecified atom stereocenters. The van der Waals surface area contributed by atoms with Crippen LogP contribution >= 0.6 is 11.8 Å². The molecule has 0 atom stereocenters. The molecule has 8 heteroatoms. The van der Waals surface area contributed by atoms with E-state index in [9.17, 15) is 9.59 Å². The van der Waals surface area contributed by atoms with Gasteiger partial charge in [-0.3, -0.25) is 25.1 Å². The number of thioether (sulfide) groups is 1. The molecule has 7 nitrogen and oxygen atoms in total. The van der Waals surface area contributed by atoms with Crippen molar-refractivity contribution in [3.63, 3.8) is 0 Å². The van der Waals surface area contributed by atoms with Gasteiger partial charge in [-0.15, -0.1) is 11.8 Å². The minimum atomic E-state index is -0.641. The van der Waals surface area contributed by atoms with Crippen molar-refractivity contribution in [1.29, 1.82) is 0 Å². The molecule has 1 aliphatic rings. The first kappa shape index (κ1) is 20.8. The van der Waals surface area contributed by atoms with Gasteiger partial charge in [0.05, 0.1) is 10.4 Å². The van der Waals surface area contributed by atoms with Gasteiger partial charge in [-0.25, -0.2) is 0 Å². The number of hydrogen-bond acceptors (Lipinski definition) is 5. The fraction of sp³-hybridized carbons (Fsp3) is 0.722. The van der Waals surface area contributed by atoms with Crippen molar-refractivity contribution >= 4 is 23.6 Å². The van der Waals surface area contributed by atoms with Gasteiger partial charge in [0, 0.05) is 30.9 Å². The highest BCUT2D eigenvalue weighted by Gasteiger charge is 2.33. The summed E-state index contributed by atoms with van der Waals surface area (Å²) in [6.07, 6.45) is 1.89. The molecule has 26 heavy (non-hydrogen) atoms. The van der Waals surface area contributed by atoms with Gasteiger partial charge in [0.2, 0.25) is 0 Å². The summed E-state index contributed by atoms with van der Waals surface area (Å²) in [6.45, 7) is 11.3. The summed E-state index contributed by atoms with van der Waals surface area (Å²) < 4.78 is 6.25. The summed E-state index contributed by atoms with van der Waals surface area (Å²) in [5.41, 5.74) is 6.15.